The van der Waals surface area contributed by atoms with Gasteiger partial charge < -0.3 is 9.84 Å². The Balaban J connectivity index is 1.70. The molecule has 1 aliphatic rings. The van der Waals surface area contributed by atoms with Crippen molar-refractivity contribution in [3.8, 4) is 0 Å². The molecule has 2 rings (SSSR count). The zero-order valence-electron chi connectivity index (χ0n) is 11.5. The summed E-state index contributed by atoms with van der Waals surface area (Å²) in [5.41, 5.74) is 1.12. The minimum Gasteiger partial charge on any atom is -0.389 e. The first kappa shape index (κ1) is 14.4. The average Bonchev–Trinajstić information content (AvgIpc) is 2.42. The molecule has 5 heteroatoms. The minimum atomic E-state index is -0.382. The van der Waals surface area contributed by atoms with Gasteiger partial charge in [-0.05, 0) is 12.1 Å². The van der Waals surface area contributed by atoms with Gasteiger partial charge in [-0.1, -0.05) is 6.07 Å². The van der Waals surface area contributed by atoms with Crippen LogP contribution in [0.15, 0.2) is 24.4 Å². The minimum absolute atomic E-state index is 0.382. The van der Waals surface area contributed by atoms with E-state index in [-0.39, 0.29) is 6.10 Å². The molecule has 1 N–H and O–H groups in total. The molecule has 0 radical (unpaired) electrons. The molecule has 0 saturated carbocycles. The first-order chi connectivity index (χ1) is 9.28. The lowest BCUT2D eigenvalue weighted by Gasteiger charge is -2.35. The van der Waals surface area contributed by atoms with E-state index in [2.05, 4.69) is 20.9 Å². The van der Waals surface area contributed by atoms with Crippen LogP contribution in [-0.4, -0.2) is 72.4 Å². The van der Waals surface area contributed by atoms with Crippen molar-refractivity contribution in [1.82, 2.24) is 14.8 Å². The van der Waals surface area contributed by atoms with Crippen LogP contribution in [-0.2, 0) is 11.3 Å². The number of aliphatic hydroxyl groups is 1. The van der Waals surface area contributed by atoms with E-state index in [0.717, 1.165) is 38.4 Å². The molecule has 1 fully saturated rings. The third-order valence-corrected chi connectivity index (χ3v) is 3.40. The van der Waals surface area contributed by atoms with Crippen LogP contribution in [0.1, 0.15) is 5.69 Å². The number of β-amino-alcohol motifs (C(OH)–C–C–N with tert-alkyl or cyclic N) is 1. The number of ether oxygens (including phenoxy) is 1. The van der Waals surface area contributed by atoms with E-state index in [1.54, 1.807) is 7.11 Å². The van der Waals surface area contributed by atoms with Crippen molar-refractivity contribution in [2.45, 2.75) is 12.6 Å². The third kappa shape index (κ3) is 4.87. The Morgan fingerprint density at radius 2 is 2.00 bits per heavy atom. The largest absolute Gasteiger partial charge is 0.389 e. The lowest BCUT2D eigenvalue weighted by atomic mass is 10.2. The highest BCUT2D eigenvalue weighted by Gasteiger charge is 2.19. The first-order valence-corrected chi connectivity index (χ1v) is 6.79. The Morgan fingerprint density at radius 1 is 1.26 bits per heavy atom. The maximum atomic E-state index is 9.71. The van der Waals surface area contributed by atoms with Crippen LogP contribution in [0.5, 0.6) is 0 Å². The zero-order valence-corrected chi connectivity index (χ0v) is 11.5. The second-order valence-electron chi connectivity index (χ2n) is 5.01. The number of nitrogens with zero attached hydrogens (tertiary/aromatic N) is 3. The van der Waals surface area contributed by atoms with Gasteiger partial charge in [-0.25, -0.2) is 0 Å². The molecular formula is C14H23N3O2. The van der Waals surface area contributed by atoms with Crippen molar-refractivity contribution in [3.63, 3.8) is 0 Å². The summed E-state index contributed by atoms with van der Waals surface area (Å²) in [5, 5.41) is 9.71. The second kappa shape index (κ2) is 7.55. The topological polar surface area (TPSA) is 48.8 Å². The van der Waals surface area contributed by atoms with Crippen LogP contribution in [0.25, 0.3) is 0 Å². The number of rotatable bonds is 6. The van der Waals surface area contributed by atoms with E-state index in [9.17, 15) is 5.11 Å². The number of aromatic nitrogens is 1. The van der Waals surface area contributed by atoms with Crippen molar-refractivity contribution >= 4 is 0 Å². The molecule has 0 aromatic carbocycles. The fourth-order valence-corrected chi connectivity index (χ4v) is 2.39. The molecule has 1 unspecified atom stereocenters. The molecule has 0 bridgehead atoms. The van der Waals surface area contributed by atoms with Gasteiger partial charge in [0.05, 0.1) is 18.4 Å². The summed E-state index contributed by atoms with van der Waals surface area (Å²) in [4.78, 5) is 9.05. The lowest BCUT2D eigenvalue weighted by molar-refractivity contribution is 0.0229. The zero-order chi connectivity index (χ0) is 13.5. The quantitative estimate of drug-likeness (QED) is 0.796. The van der Waals surface area contributed by atoms with Crippen LogP contribution in [0.3, 0.4) is 0 Å². The van der Waals surface area contributed by atoms with E-state index < -0.39 is 0 Å². The van der Waals surface area contributed by atoms with Crippen LogP contribution >= 0.6 is 0 Å². The van der Waals surface area contributed by atoms with Gasteiger partial charge in [-0.2, -0.15) is 0 Å². The number of piperazine rings is 1. The maximum Gasteiger partial charge on any atom is 0.0900 e. The molecule has 5 nitrogen and oxygen atoms in total. The molecule has 1 aromatic heterocycles. The molecule has 1 atom stereocenters. The monoisotopic (exact) mass is 265 g/mol. The van der Waals surface area contributed by atoms with Gasteiger partial charge in [0.15, 0.2) is 0 Å². The molecule has 1 aromatic rings. The number of pyridine rings is 1. The summed E-state index contributed by atoms with van der Waals surface area (Å²) >= 11 is 0. The molecule has 0 aliphatic carbocycles. The van der Waals surface area contributed by atoms with Gasteiger partial charge in [-0.3, -0.25) is 14.8 Å². The van der Waals surface area contributed by atoms with E-state index >= 15 is 0 Å². The summed E-state index contributed by atoms with van der Waals surface area (Å²) < 4.78 is 4.95. The lowest BCUT2D eigenvalue weighted by Crippen LogP contribution is -2.48. The van der Waals surface area contributed by atoms with Gasteiger partial charge in [0.25, 0.3) is 0 Å². The Hall–Kier alpha value is -1.01. The van der Waals surface area contributed by atoms with Gasteiger partial charge in [0.2, 0.25) is 0 Å². The summed E-state index contributed by atoms with van der Waals surface area (Å²) in [6, 6.07) is 6.03. The van der Waals surface area contributed by atoms with Crippen LogP contribution < -0.4 is 0 Å². The smallest absolute Gasteiger partial charge is 0.0900 e. The Labute approximate surface area is 114 Å². The molecule has 106 valence electrons. The fraction of sp³-hybridized carbons (Fsp3) is 0.643. The predicted octanol–water partition coefficient (Wildman–Crippen LogP) is 0.206. The van der Waals surface area contributed by atoms with Gasteiger partial charge in [-0.15, -0.1) is 0 Å². The SMILES string of the molecule is COCC(O)CN1CCN(Cc2ccccn2)CC1. The maximum absolute atomic E-state index is 9.71. The Morgan fingerprint density at radius 3 is 2.63 bits per heavy atom. The van der Waals surface area contributed by atoms with E-state index in [0.29, 0.717) is 13.2 Å². The first-order valence-electron chi connectivity index (χ1n) is 6.79. The summed E-state index contributed by atoms with van der Waals surface area (Å²) in [6.45, 7) is 6.06. The molecule has 2 heterocycles. The summed E-state index contributed by atoms with van der Waals surface area (Å²) in [7, 11) is 1.62. The molecule has 1 aliphatic heterocycles. The average molecular weight is 265 g/mol. The fourth-order valence-electron chi connectivity index (χ4n) is 2.39. The van der Waals surface area contributed by atoms with Crippen molar-refractivity contribution in [1.29, 1.82) is 0 Å². The third-order valence-electron chi connectivity index (χ3n) is 3.40. The molecule has 0 spiro atoms. The number of hydrogen-bond donors (Lipinski definition) is 1. The molecular weight excluding hydrogens is 242 g/mol. The Kier molecular flexibility index (Phi) is 5.72. The van der Waals surface area contributed by atoms with Gasteiger partial charge in [0, 0.05) is 52.6 Å². The molecule has 1 saturated heterocycles. The van der Waals surface area contributed by atoms with Gasteiger partial charge in [0.1, 0.15) is 0 Å². The van der Waals surface area contributed by atoms with E-state index in [1.807, 2.05) is 18.3 Å². The molecule has 19 heavy (non-hydrogen) atoms. The van der Waals surface area contributed by atoms with Crippen molar-refractivity contribution < 1.29 is 9.84 Å². The summed E-state index contributed by atoms with van der Waals surface area (Å²) in [5.74, 6) is 0. The van der Waals surface area contributed by atoms with E-state index in [4.69, 9.17) is 4.74 Å². The normalized spacial score (nSPS) is 19.5. The predicted molar refractivity (Wildman–Crippen MR) is 73.8 cm³/mol. The second-order valence-corrected chi connectivity index (χ2v) is 5.01. The van der Waals surface area contributed by atoms with Crippen LogP contribution in [0.2, 0.25) is 0 Å². The highest BCUT2D eigenvalue weighted by molar-refractivity contribution is 5.03. The number of aliphatic hydroxyl groups excluding tert-OH is 1. The summed E-state index contributed by atoms with van der Waals surface area (Å²) in [6.07, 6.45) is 1.46. The van der Waals surface area contributed by atoms with Crippen molar-refractivity contribution in [2.24, 2.45) is 0 Å². The van der Waals surface area contributed by atoms with Crippen LogP contribution in [0.4, 0.5) is 0 Å². The van der Waals surface area contributed by atoms with Gasteiger partial charge >= 0.3 is 0 Å². The highest BCUT2D eigenvalue weighted by atomic mass is 16.5. The van der Waals surface area contributed by atoms with E-state index in [1.165, 1.54) is 0 Å². The van der Waals surface area contributed by atoms with Crippen LogP contribution in [0, 0.1) is 0 Å². The highest BCUT2D eigenvalue weighted by Crippen LogP contribution is 2.07. The Bertz CT molecular complexity index is 353. The van der Waals surface area contributed by atoms with Crippen molar-refractivity contribution in [3.05, 3.63) is 30.1 Å². The number of hydrogen-bond acceptors (Lipinski definition) is 5. The molecule has 0 amide bonds. The standard InChI is InChI=1S/C14H23N3O2/c1-19-12-14(18)11-17-8-6-16(7-9-17)10-13-4-2-3-5-15-13/h2-5,14,18H,6-12H2,1H3. The van der Waals surface area contributed by atoms with Crippen molar-refractivity contribution in [2.75, 3.05) is 46.4 Å². The number of methoxy groups -OCH3 is 1.